The lowest BCUT2D eigenvalue weighted by Gasteiger charge is -2.59. The molecule has 0 radical (unpaired) electrons. The van der Waals surface area contributed by atoms with Crippen LogP contribution >= 0.6 is 0 Å². The molecule has 1 nitrogen and oxygen atoms in total. The van der Waals surface area contributed by atoms with Gasteiger partial charge >= 0.3 is 0 Å². The van der Waals surface area contributed by atoms with E-state index in [9.17, 15) is 0 Å². The molecule has 0 N–H and O–H groups in total. The fourth-order valence-electron chi connectivity index (χ4n) is 2.79. The molecule has 1 heterocycles. The quantitative estimate of drug-likeness (QED) is 0.688. The van der Waals surface area contributed by atoms with Crippen LogP contribution in [0.4, 0.5) is 0 Å². The molecule has 0 aromatic heterocycles. The molecule has 0 amide bonds. The van der Waals surface area contributed by atoms with E-state index in [4.69, 9.17) is 0 Å². The first kappa shape index (κ1) is 8.49. The van der Waals surface area contributed by atoms with Crippen LogP contribution in [-0.2, 0) is 6.54 Å². The Balaban J connectivity index is 1.68. The number of benzene rings is 1. The molecule has 3 rings (SSSR count). The molecule has 1 heteroatoms. The van der Waals surface area contributed by atoms with Gasteiger partial charge in [-0.1, -0.05) is 30.3 Å². The van der Waals surface area contributed by atoms with Crippen LogP contribution in [0.5, 0.6) is 0 Å². The van der Waals surface area contributed by atoms with Crippen molar-refractivity contribution >= 4 is 0 Å². The Morgan fingerprint density at radius 2 is 1.86 bits per heavy atom. The minimum Gasteiger partial charge on any atom is -0.293 e. The summed E-state index contributed by atoms with van der Waals surface area (Å²) < 4.78 is 0. The second-order valence-corrected chi connectivity index (χ2v) is 4.74. The highest BCUT2D eigenvalue weighted by molar-refractivity contribution is 5.17. The molecule has 74 valence electrons. The van der Waals surface area contributed by atoms with Gasteiger partial charge in [0.25, 0.3) is 0 Å². The summed E-state index contributed by atoms with van der Waals surface area (Å²) in [6, 6.07) is 10.9. The molecule has 1 aliphatic heterocycles. The second-order valence-electron chi connectivity index (χ2n) is 4.74. The average Bonchev–Trinajstić information content (AvgIpc) is 2.12. The van der Waals surface area contributed by atoms with Gasteiger partial charge in [0.05, 0.1) is 0 Å². The van der Waals surface area contributed by atoms with Crippen molar-refractivity contribution in [1.29, 1.82) is 0 Å². The standard InChI is InChI=1S/C13H17N/c1-2-5-12(6-3-1)11-14-10-9-13(14)7-4-8-13/h1-3,5-6H,4,7-11H2. The summed E-state index contributed by atoms with van der Waals surface area (Å²) >= 11 is 0. The van der Waals surface area contributed by atoms with Crippen molar-refractivity contribution in [2.24, 2.45) is 0 Å². The van der Waals surface area contributed by atoms with Crippen molar-refractivity contribution < 1.29 is 0 Å². The number of hydrogen-bond acceptors (Lipinski definition) is 1. The molecule has 14 heavy (non-hydrogen) atoms. The summed E-state index contributed by atoms with van der Waals surface area (Å²) in [4.78, 5) is 2.67. The summed E-state index contributed by atoms with van der Waals surface area (Å²) in [6.07, 6.45) is 5.78. The minimum absolute atomic E-state index is 0.649. The van der Waals surface area contributed by atoms with Crippen LogP contribution in [0.2, 0.25) is 0 Å². The zero-order valence-electron chi connectivity index (χ0n) is 8.58. The van der Waals surface area contributed by atoms with Crippen molar-refractivity contribution in [3.63, 3.8) is 0 Å². The van der Waals surface area contributed by atoms with Crippen molar-refractivity contribution in [1.82, 2.24) is 4.90 Å². The normalized spacial score (nSPS) is 24.3. The maximum Gasteiger partial charge on any atom is 0.0239 e. The van der Waals surface area contributed by atoms with Crippen LogP contribution in [0.25, 0.3) is 0 Å². The van der Waals surface area contributed by atoms with Crippen molar-refractivity contribution in [2.75, 3.05) is 6.54 Å². The number of rotatable bonds is 2. The van der Waals surface area contributed by atoms with Crippen LogP contribution < -0.4 is 0 Å². The fourth-order valence-corrected chi connectivity index (χ4v) is 2.79. The Hall–Kier alpha value is -0.820. The minimum atomic E-state index is 0.649. The molecule has 0 bridgehead atoms. The first-order valence-corrected chi connectivity index (χ1v) is 5.68. The molecule has 1 spiro atoms. The molecule has 2 aliphatic rings. The van der Waals surface area contributed by atoms with Crippen LogP contribution in [0.1, 0.15) is 31.2 Å². The zero-order valence-corrected chi connectivity index (χ0v) is 8.58. The Bertz CT molecular complexity index is 308. The van der Waals surface area contributed by atoms with Gasteiger partial charge in [-0.3, -0.25) is 4.90 Å². The van der Waals surface area contributed by atoms with Gasteiger partial charge in [-0.15, -0.1) is 0 Å². The van der Waals surface area contributed by atoms with E-state index >= 15 is 0 Å². The summed E-state index contributed by atoms with van der Waals surface area (Å²) in [5.41, 5.74) is 2.12. The van der Waals surface area contributed by atoms with Crippen LogP contribution in [-0.4, -0.2) is 17.0 Å². The Labute approximate surface area is 85.7 Å². The van der Waals surface area contributed by atoms with Crippen LogP contribution in [0, 0.1) is 0 Å². The van der Waals surface area contributed by atoms with E-state index in [1.807, 2.05) is 0 Å². The predicted octanol–water partition coefficient (Wildman–Crippen LogP) is 2.82. The molecule has 2 fully saturated rings. The lowest BCUT2D eigenvalue weighted by atomic mass is 9.68. The van der Waals surface area contributed by atoms with Crippen LogP contribution in [0.3, 0.4) is 0 Å². The third kappa shape index (κ3) is 1.19. The fraction of sp³-hybridized carbons (Fsp3) is 0.538. The number of nitrogens with zero attached hydrogens (tertiary/aromatic N) is 1. The largest absolute Gasteiger partial charge is 0.293 e. The molecule has 1 saturated heterocycles. The van der Waals surface area contributed by atoms with Crippen molar-refractivity contribution in [3.8, 4) is 0 Å². The first-order valence-electron chi connectivity index (χ1n) is 5.68. The molecule has 1 aromatic rings. The smallest absolute Gasteiger partial charge is 0.0239 e. The SMILES string of the molecule is c1ccc(CN2CCC23CCC3)cc1. The average molecular weight is 187 g/mol. The molecular formula is C13H17N. The van der Waals surface area contributed by atoms with E-state index in [1.54, 1.807) is 0 Å². The van der Waals surface area contributed by atoms with Gasteiger partial charge < -0.3 is 0 Å². The molecule has 0 atom stereocenters. The summed E-state index contributed by atoms with van der Waals surface area (Å²) in [7, 11) is 0. The zero-order chi connectivity index (χ0) is 9.43. The number of likely N-dealkylation sites (tertiary alicyclic amines) is 1. The van der Waals surface area contributed by atoms with Gasteiger partial charge in [0.1, 0.15) is 0 Å². The number of hydrogen-bond donors (Lipinski definition) is 0. The van der Waals surface area contributed by atoms with Gasteiger partial charge in [-0.2, -0.15) is 0 Å². The second kappa shape index (κ2) is 3.09. The third-order valence-corrected chi connectivity index (χ3v) is 4.02. The Morgan fingerprint density at radius 1 is 1.07 bits per heavy atom. The Morgan fingerprint density at radius 3 is 2.36 bits per heavy atom. The van der Waals surface area contributed by atoms with E-state index in [0.29, 0.717) is 5.54 Å². The van der Waals surface area contributed by atoms with Crippen molar-refractivity contribution in [2.45, 2.75) is 37.8 Å². The summed E-state index contributed by atoms with van der Waals surface area (Å²) in [6.45, 7) is 2.48. The van der Waals surface area contributed by atoms with Crippen LogP contribution in [0.15, 0.2) is 30.3 Å². The van der Waals surface area contributed by atoms with E-state index in [2.05, 4.69) is 35.2 Å². The third-order valence-electron chi connectivity index (χ3n) is 4.02. The van der Waals surface area contributed by atoms with Gasteiger partial charge in [-0.25, -0.2) is 0 Å². The van der Waals surface area contributed by atoms with E-state index in [0.717, 1.165) is 0 Å². The molecule has 1 aliphatic carbocycles. The van der Waals surface area contributed by atoms with E-state index in [1.165, 1.54) is 44.3 Å². The van der Waals surface area contributed by atoms with Gasteiger partial charge in [-0.05, 0) is 31.2 Å². The maximum atomic E-state index is 2.67. The topological polar surface area (TPSA) is 3.24 Å². The van der Waals surface area contributed by atoms with Gasteiger partial charge in [0.15, 0.2) is 0 Å². The monoisotopic (exact) mass is 187 g/mol. The summed E-state index contributed by atoms with van der Waals surface area (Å²) in [5.74, 6) is 0. The first-order chi connectivity index (χ1) is 6.89. The maximum absolute atomic E-state index is 2.67. The lowest BCUT2D eigenvalue weighted by Crippen LogP contribution is -2.62. The van der Waals surface area contributed by atoms with E-state index < -0.39 is 0 Å². The lowest BCUT2D eigenvalue weighted by molar-refractivity contribution is -0.0788. The van der Waals surface area contributed by atoms with Gasteiger partial charge in [0.2, 0.25) is 0 Å². The highest BCUT2D eigenvalue weighted by Crippen LogP contribution is 2.47. The van der Waals surface area contributed by atoms with E-state index in [-0.39, 0.29) is 0 Å². The Kier molecular flexibility index (Phi) is 1.88. The highest BCUT2D eigenvalue weighted by Gasteiger charge is 2.48. The van der Waals surface area contributed by atoms with Crippen molar-refractivity contribution in [3.05, 3.63) is 35.9 Å². The van der Waals surface area contributed by atoms with Gasteiger partial charge in [0, 0.05) is 18.6 Å². The molecule has 0 unspecified atom stereocenters. The summed E-state index contributed by atoms with van der Waals surface area (Å²) in [5, 5.41) is 0. The molecule has 1 aromatic carbocycles. The highest BCUT2D eigenvalue weighted by atomic mass is 15.3. The predicted molar refractivity (Wildman–Crippen MR) is 58.1 cm³/mol. The molecule has 1 saturated carbocycles. The molecular weight excluding hydrogens is 170 g/mol.